The van der Waals surface area contributed by atoms with Crippen LogP contribution >= 0.6 is 0 Å². The second kappa shape index (κ2) is 6.45. The molecule has 4 aliphatic rings. The van der Waals surface area contributed by atoms with Crippen molar-refractivity contribution in [1.29, 1.82) is 0 Å². The predicted molar refractivity (Wildman–Crippen MR) is 96.2 cm³/mol. The van der Waals surface area contributed by atoms with Gasteiger partial charge in [0.25, 0.3) is 0 Å². The lowest BCUT2D eigenvalue weighted by atomic mass is 9.54. The Balaban J connectivity index is 1.47. The number of benzene rings is 1. The van der Waals surface area contributed by atoms with E-state index in [0.29, 0.717) is 16.7 Å². The van der Waals surface area contributed by atoms with Crippen molar-refractivity contribution in [2.45, 2.75) is 69.2 Å². The second-order valence-electron chi connectivity index (χ2n) is 8.33. The van der Waals surface area contributed by atoms with E-state index in [-0.39, 0.29) is 6.04 Å². The SMILES string of the molecule is CCCCc1ccc(S(=O)(=O)NC2C3CC4CC(C3)CC2C4)cc1. The second-order valence-corrected chi connectivity index (χ2v) is 10.0. The quantitative estimate of drug-likeness (QED) is 0.841. The van der Waals surface area contributed by atoms with Crippen molar-refractivity contribution in [2.75, 3.05) is 0 Å². The third-order valence-corrected chi connectivity index (χ3v) is 8.05. The van der Waals surface area contributed by atoms with Crippen LogP contribution in [-0.2, 0) is 16.4 Å². The summed E-state index contributed by atoms with van der Waals surface area (Å²) in [6.45, 7) is 2.17. The van der Waals surface area contributed by atoms with Crippen molar-refractivity contribution in [3.8, 4) is 0 Å². The van der Waals surface area contributed by atoms with E-state index in [1.807, 2.05) is 12.1 Å². The Morgan fingerprint density at radius 2 is 1.54 bits per heavy atom. The fourth-order valence-corrected chi connectivity index (χ4v) is 6.95. The maximum Gasteiger partial charge on any atom is 0.240 e. The minimum atomic E-state index is -3.39. The van der Waals surface area contributed by atoms with Crippen LogP contribution in [0.1, 0.15) is 57.4 Å². The van der Waals surface area contributed by atoms with Crippen LogP contribution in [0.15, 0.2) is 29.2 Å². The molecule has 0 spiro atoms. The molecule has 1 N–H and O–H groups in total. The highest BCUT2D eigenvalue weighted by Crippen LogP contribution is 2.53. The third-order valence-electron chi connectivity index (χ3n) is 6.57. The van der Waals surface area contributed by atoms with Crippen LogP contribution in [0.4, 0.5) is 0 Å². The van der Waals surface area contributed by atoms with E-state index in [1.165, 1.54) is 37.7 Å². The molecule has 0 saturated heterocycles. The van der Waals surface area contributed by atoms with Gasteiger partial charge in [0.05, 0.1) is 4.90 Å². The van der Waals surface area contributed by atoms with Gasteiger partial charge in [0.2, 0.25) is 10.0 Å². The molecule has 1 aromatic rings. The summed E-state index contributed by atoms with van der Waals surface area (Å²) < 4.78 is 28.8. The van der Waals surface area contributed by atoms with Gasteiger partial charge in [-0.15, -0.1) is 0 Å². The lowest BCUT2D eigenvalue weighted by molar-refractivity contribution is -0.00557. The Kier molecular flexibility index (Phi) is 4.46. The molecular formula is C20H29NO2S. The Morgan fingerprint density at radius 1 is 0.958 bits per heavy atom. The zero-order valence-corrected chi connectivity index (χ0v) is 15.4. The summed E-state index contributed by atoms with van der Waals surface area (Å²) in [5.74, 6) is 2.87. The van der Waals surface area contributed by atoms with Crippen LogP contribution < -0.4 is 4.72 Å². The molecule has 0 aliphatic heterocycles. The van der Waals surface area contributed by atoms with Crippen LogP contribution in [0.3, 0.4) is 0 Å². The third kappa shape index (κ3) is 3.15. The molecule has 0 radical (unpaired) electrons. The van der Waals surface area contributed by atoms with Crippen LogP contribution in [0.2, 0.25) is 0 Å². The van der Waals surface area contributed by atoms with Crippen LogP contribution in [0, 0.1) is 23.7 Å². The number of hydrogen-bond donors (Lipinski definition) is 1. The molecule has 3 nitrogen and oxygen atoms in total. The monoisotopic (exact) mass is 347 g/mol. The lowest BCUT2D eigenvalue weighted by Crippen LogP contribution is -2.55. The van der Waals surface area contributed by atoms with E-state index >= 15 is 0 Å². The first-order valence-corrected chi connectivity index (χ1v) is 11.1. The number of aryl methyl sites for hydroxylation is 1. The Labute approximate surface area is 146 Å². The van der Waals surface area contributed by atoms with Gasteiger partial charge in [-0.3, -0.25) is 0 Å². The number of nitrogens with one attached hydrogen (secondary N) is 1. The summed E-state index contributed by atoms with van der Waals surface area (Å²) in [5, 5.41) is 0. The average Bonchev–Trinajstić information content (AvgIpc) is 2.56. The standard InChI is InChI=1S/C20H29NO2S/c1-2-3-4-14-5-7-19(8-6-14)24(22,23)21-20-17-10-15-9-16(12-17)13-18(20)11-15/h5-8,15-18,20-21H,2-4,9-13H2,1H3. The van der Waals surface area contributed by atoms with Gasteiger partial charge in [-0.05, 0) is 86.3 Å². The van der Waals surface area contributed by atoms with Gasteiger partial charge in [-0.2, -0.15) is 0 Å². The van der Waals surface area contributed by atoms with Crippen LogP contribution in [-0.4, -0.2) is 14.5 Å². The smallest absolute Gasteiger partial charge is 0.208 e. The van der Waals surface area contributed by atoms with Gasteiger partial charge in [0.15, 0.2) is 0 Å². The summed E-state index contributed by atoms with van der Waals surface area (Å²) >= 11 is 0. The van der Waals surface area contributed by atoms with E-state index in [1.54, 1.807) is 12.1 Å². The van der Waals surface area contributed by atoms with E-state index in [0.717, 1.165) is 31.1 Å². The van der Waals surface area contributed by atoms with Crippen molar-refractivity contribution < 1.29 is 8.42 Å². The molecule has 0 heterocycles. The molecule has 1 aromatic carbocycles. The van der Waals surface area contributed by atoms with Crippen molar-refractivity contribution >= 4 is 10.0 Å². The first-order chi connectivity index (χ1) is 11.5. The number of rotatable bonds is 6. The molecule has 4 heteroatoms. The van der Waals surface area contributed by atoms with Gasteiger partial charge < -0.3 is 0 Å². The zero-order valence-electron chi connectivity index (χ0n) is 14.6. The molecule has 132 valence electrons. The minimum absolute atomic E-state index is 0.169. The van der Waals surface area contributed by atoms with Crippen molar-refractivity contribution in [3.05, 3.63) is 29.8 Å². The Hall–Kier alpha value is -0.870. The molecule has 0 atom stereocenters. The summed E-state index contributed by atoms with van der Waals surface area (Å²) in [7, 11) is -3.39. The first-order valence-electron chi connectivity index (χ1n) is 9.66. The van der Waals surface area contributed by atoms with Gasteiger partial charge in [-0.25, -0.2) is 13.1 Å². The molecule has 4 aliphatic carbocycles. The van der Waals surface area contributed by atoms with Gasteiger partial charge >= 0.3 is 0 Å². The number of hydrogen-bond acceptors (Lipinski definition) is 2. The summed E-state index contributed by atoms with van der Waals surface area (Å²) in [5.41, 5.74) is 1.23. The molecule has 4 bridgehead atoms. The Bertz CT molecular complexity index is 652. The maximum absolute atomic E-state index is 12.8. The van der Waals surface area contributed by atoms with E-state index in [4.69, 9.17) is 0 Å². The predicted octanol–water partition coefficient (Wildman–Crippen LogP) is 4.13. The molecule has 0 amide bonds. The highest BCUT2D eigenvalue weighted by atomic mass is 32.2. The van der Waals surface area contributed by atoms with E-state index in [9.17, 15) is 8.42 Å². The zero-order chi connectivity index (χ0) is 16.7. The fourth-order valence-electron chi connectivity index (χ4n) is 5.58. The first kappa shape index (κ1) is 16.6. The lowest BCUT2D eigenvalue weighted by Gasteiger charge is -2.54. The Morgan fingerprint density at radius 3 is 2.08 bits per heavy atom. The van der Waals surface area contributed by atoms with Gasteiger partial charge in [-0.1, -0.05) is 25.5 Å². The van der Waals surface area contributed by atoms with Gasteiger partial charge in [0, 0.05) is 6.04 Å². The molecular weight excluding hydrogens is 318 g/mol. The molecule has 4 fully saturated rings. The molecule has 24 heavy (non-hydrogen) atoms. The molecule has 0 unspecified atom stereocenters. The van der Waals surface area contributed by atoms with E-state index < -0.39 is 10.0 Å². The van der Waals surface area contributed by atoms with Crippen LogP contribution in [0.5, 0.6) is 0 Å². The van der Waals surface area contributed by atoms with Crippen molar-refractivity contribution in [2.24, 2.45) is 23.7 Å². The minimum Gasteiger partial charge on any atom is -0.208 e. The summed E-state index contributed by atoms with van der Waals surface area (Å²) in [6, 6.07) is 7.68. The van der Waals surface area contributed by atoms with Crippen molar-refractivity contribution in [1.82, 2.24) is 4.72 Å². The summed E-state index contributed by atoms with van der Waals surface area (Å²) in [6.07, 6.45) is 9.66. The average molecular weight is 348 g/mol. The fraction of sp³-hybridized carbons (Fsp3) is 0.700. The normalized spacial score (nSPS) is 34.6. The van der Waals surface area contributed by atoms with Gasteiger partial charge in [0.1, 0.15) is 0 Å². The molecule has 0 aromatic heterocycles. The topological polar surface area (TPSA) is 46.2 Å². The largest absolute Gasteiger partial charge is 0.240 e. The maximum atomic E-state index is 12.8. The molecule has 4 saturated carbocycles. The van der Waals surface area contributed by atoms with E-state index in [2.05, 4.69) is 11.6 Å². The van der Waals surface area contributed by atoms with Crippen molar-refractivity contribution in [3.63, 3.8) is 0 Å². The number of unbranched alkanes of at least 4 members (excludes halogenated alkanes) is 1. The molecule has 5 rings (SSSR count). The highest BCUT2D eigenvalue weighted by molar-refractivity contribution is 7.89. The van der Waals surface area contributed by atoms with Crippen LogP contribution in [0.25, 0.3) is 0 Å². The highest BCUT2D eigenvalue weighted by Gasteiger charge is 2.49. The summed E-state index contributed by atoms with van der Waals surface area (Å²) in [4.78, 5) is 0.427. The number of sulfonamides is 1.